The monoisotopic (exact) mass is 322 g/mol. The van der Waals surface area contributed by atoms with Gasteiger partial charge in [0.05, 0.1) is 12.1 Å². The number of hydrogen-bond donors (Lipinski definition) is 0. The van der Waals surface area contributed by atoms with E-state index >= 15 is 0 Å². The largest absolute Gasteiger partial charge is 0.416 e. The summed E-state index contributed by atoms with van der Waals surface area (Å²) >= 11 is 0. The molecule has 1 heterocycles. The third-order valence-corrected chi connectivity index (χ3v) is 3.24. The fraction of sp³-hybridized carbons (Fsp3) is 0.250. The van der Waals surface area contributed by atoms with E-state index in [9.17, 15) is 18.0 Å². The fourth-order valence-electron chi connectivity index (χ4n) is 2.04. The predicted molar refractivity (Wildman–Crippen MR) is 77.5 cm³/mol. The Morgan fingerprint density at radius 2 is 1.96 bits per heavy atom. The molecule has 23 heavy (non-hydrogen) atoms. The molecule has 0 aliphatic rings. The van der Waals surface area contributed by atoms with Crippen LogP contribution in [0, 0.1) is 19.3 Å². The van der Waals surface area contributed by atoms with E-state index in [1.54, 1.807) is 6.92 Å². The number of benzene rings is 1. The minimum atomic E-state index is -4.43. The van der Waals surface area contributed by atoms with Crippen LogP contribution in [0.5, 0.6) is 0 Å². The average Bonchev–Trinajstić information content (AvgIpc) is 2.87. The van der Waals surface area contributed by atoms with Gasteiger partial charge >= 0.3 is 6.18 Å². The summed E-state index contributed by atoms with van der Waals surface area (Å²) in [7, 11) is 1.52. The van der Waals surface area contributed by atoms with Gasteiger partial charge in [-0.15, -0.1) is 6.42 Å². The molecular formula is C16H13F3N2O2. The second-order valence-corrected chi connectivity index (χ2v) is 4.90. The maximum atomic E-state index is 12.6. The zero-order chi connectivity index (χ0) is 17.2. The summed E-state index contributed by atoms with van der Waals surface area (Å²) in [6.45, 7) is 1.65. The van der Waals surface area contributed by atoms with Crippen molar-refractivity contribution in [1.29, 1.82) is 0 Å². The normalized spacial score (nSPS) is 11.1. The predicted octanol–water partition coefficient (Wildman–Crippen LogP) is 3.37. The van der Waals surface area contributed by atoms with Gasteiger partial charge in [-0.25, -0.2) is 0 Å². The first-order chi connectivity index (χ1) is 10.8. The third-order valence-electron chi connectivity index (χ3n) is 3.24. The lowest BCUT2D eigenvalue weighted by molar-refractivity contribution is -0.137. The molecule has 0 atom stereocenters. The van der Waals surface area contributed by atoms with Crippen molar-refractivity contribution < 1.29 is 22.5 Å². The fourth-order valence-corrected chi connectivity index (χ4v) is 2.04. The Kier molecular flexibility index (Phi) is 4.45. The minimum Gasteiger partial charge on any atom is -0.360 e. The maximum absolute atomic E-state index is 12.6. The quantitative estimate of drug-likeness (QED) is 0.814. The van der Waals surface area contributed by atoms with Crippen molar-refractivity contribution in [2.24, 2.45) is 0 Å². The average molecular weight is 322 g/mol. The van der Waals surface area contributed by atoms with Crippen molar-refractivity contribution in [2.75, 3.05) is 13.6 Å². The molecule has 0 unspecified atom stereocenters. The molecule has 0 saturated carbocycles. The zero-order valence-electron chi connectivity index (χ0n) is 12.4. The molecule has 0 N–H and O–H groups in total. The summed E-state index contributed by atoms with van der Waals surface area (Å²) in [6, 6.07) is 4.35. The topological polar surface area (TPSA) is 46.3 Å². The molecule has 2 aromatic rings. The van der Waals surface area contributed by atoms with Gasteiger partial charge in [0, 0.05) is 12.6 Å². The third kappa shape index (κ3) is 3.37. The van der Waals surface area contributed by atoms with Gasteiger partial charge in [-0.1, -0.05) is 23.2 Å². The number of alkyl halides is 3. The lowest BCUT2D eigenvalue weighted by Crippen LogP contribution is -2.27. The van der Waals surface area contributed by atoms with Gasteiger partial charge in [-0.2, -0.15) is 13.2 Å². The molecule has 2 rings (SSSR count). The molecule has 0 radical (unpaired) electrons. The van der Waals surface area contributed by atoms with Crippen LogP contribution in [0.25, 0.3) is 11.3 Å². The van der Waals surface area contributed by atoms with Crippen LogP contribution in [0.1, 0.15) is 21.7 Å². The number of carbonyl (C=O) groups is 1. The molecule has 0 aliphatic heterocycles. The van der Waals surface area contributed by atoms with Gasteiger partial charge in [0.25, 0.3) is 5.91 Å². The van der Waals surface area contributed by atoms with E-state index in [0.29, 0.717) is 5.56 Å². The molecule has 0 bridgehead atoms. The van der Waals surface area contributed by atoms with Crippen molar-refractivity contribution in [3.63, 3.8) is 0 Å². The van der Waals surface area contributed by atoms with Gasteiger partial charge < -0.3 is 9.42 Å². The molecule has 0 spiro atoms. The van der Waals surface area contributed by atoms with Gasteiger partial charge in [-0.3, -0.25) is 4.79 Å². The van der Waals surface area contributed by atoms with Crippen molar-refractivity contribution in [1.82, 2.24) is 10.1 Å². The summed E-state index contributed by atoms with van der Waals surface area (Å²) in [6.07, 6.45) is 0.749. The van der Waals surface area contributed by atoms with E-state index in [-0.39, 0.29) is 23.6 Å². The number of aromatic nitrogens is 1. The standard InChI is InChI=1S/C16H13F3N2O2/c1-4-9-21(3)15(22)13-10(2)23-20-14(13)11-5-7-12(8-6-11)16(17,18)19/h1,5-8H,9H2,2-3H3. The first-order valence-corrected chi connectivity index (χ1v) is 6.58. The van der Waals surface area contributed by atoms with Crippen LogP contribution < -0.4 is 0 Å². The zero-order valence-corrected chi connectivity index (χ0v) is 12.4. The van der Waals surface area contributed by atoms with Crippen molar-refractivity contribution in [3.05, 3.63) is 41.2 Å². The Balaban J connectivity index is 2.42. The Morgan fingerprint density at radius 3 is 2.48 bits per heavy atom. The highest BCUT2D eigenvalue weighted by Crippen LogP contribution is 2.32. The van der Waals surface area contributed by atoms with E-state index in [2.05, 4.69) is 11.1 Å². The number of hydrogen-bond acceptors (Lipinski definition) is 3. The van der Waals surface area contributed by atoms with Crippen LogP contribution in [0.15, 0.2) is 28.8 Å². The van der Waals surface area contributed by atoms with Crippen LogP contribution in [0.4, 0.5) is 13.2 Å². The first kappa shape index (κ1) is 16.6. The second-order valence-electron chi connectivity index (χ2n) is 4.90. The lowest BCUT2D eigenvalue weighted by atomic mass is 10.0. The van der Waals surface area contributed by atoms with E-state index in [0.717, 1.165) is 12.1 Å². The summed E-state index contributed by atoms with van der Waals surface area (Å²) in [5.41, 5.74) is -0.0568. The number of amides is 1. The number of rotatable bonds is 3. The molecule has 1 aromatic heterocycles. The molecule has 0 fully saturated rings. The Bertz CT molecular complexity index is 755. The van der Waals surface area contributed by atoms with Crippen molar-refractivity contribution in [3.8, 4) is 23.6 Å². The van der Waals surface area contributed by atoms with Gasteiger partial charge in [-0.05, 0) is 19.1 Å². The lowest BCUT2D eigenvalue weighted by Gasteiger charge is -2.14. The Labute approximate surface area is 130 Å². The molecule has 0 aliphatic carbocycles. The summed E-state index contributed by atoms with van der Waals surface area (Å²) in [4.78, 5) is 13.7. The van der Waals surface area contributed by atoms with Crippen LogP contribution in [0.3, 0.4) is 0 Å². The molecule has 7 heteroatoms. The summed E-state index contributed by atoms with van der Waals surface area (Å²) < 4.78 is 42.9. The first-order valence-electron chi connectivity index (χ1n) is 6.58. The summed E-state index contributed by atoms with van der Waals surface area (Å²) in [5.74, 6) is 2.21. The van der Waals surface area contributed by atoms with Crippen molar-refractivity contribution >= 4 is 5.91 Å². The Morgan fingerprint density at radius 1 is 1.35 bits per heavy atom. The number of halogens is 3. The van der Waals surface area contributed by atoms with Crippen molar-refractivity contribution in [2.45, 2.75) is 13.1 Å². The minimum absolute atomic E-state index is 0.0932. The molecule has 120 valence electrons. The highest BCUT2D eigenvalue weighted by Gasteiger charge is 2.30. The maximum Gasteiger partial charge on any atom is 0.416 e. The molecule has 0 saturated heterocycles. The van der Waals surface area contributed by atoms with E-state index < -0.39 is 17.6 Å². The number of aryl methyl sites for hydroxylation is 1. The van der Waals surface area contributed by atoms with Crippen LogP contribution in [-0.2, 0) is 6.18 Å². The smallest absolute Gasteiger partial charge is 0.360 e. The molecular weight excluding hydrogens is 309 g/mol. The van der Waals surface area contributed by atoms with Gasteiger partial charge in [0.1, 0.15) is 17.0 Å². The Hall–Kier alpha value is -2.75. The molecule has 1 amide bonds. The van der Waals surface area contributed by atoms with Crippen LogP contribution in [-0.4, -0.2) is 29.6 Å². The molecule has 4 nitrogen and oxygen atoms in total. The van der Waals surface area contributed by atoms with E-state index in [1.807, 2.05) is 0 Å². The second kappa shape index (κ2) is 6.16. The SMILES string of the molecule is C#CCN(C)C(=O)c1c(-c2ccc(C(F)(F)F)cc2)noc1C. The molecule has 1 aromatic carbocycles. The van der Waals surface area contributed by atoms with Crippen LogP contribution >= 0.6 is 0 Å². The van der Waals surface area contributed by atoms with Gasteiger partial charge in [0.2, 0.25) is 0 Å². The number of nitrogens with zero attached hydrogens (tertiary/aromatic N) is 2. The number of terminal acetylenes is 1. The highest BCUT2D eigenvalue weighted by molar-refractivity contribution is 6.00. The van der Waals surface area contributed by atoms with E-state index in [1.165, 1.54) is 24.1 Å². The van der Waals surface area contributed by atoms with E-state index in [4.69, 9.17) is 10.9 Å². The summed E-state index contributed by atoms with van der Waals surface area (Å²) in [5, 5.41) is 3.79. The van der Waals surface area contributed by atoms with Gasteiger partial charge in [0.15, 0.2) is 0 Å². The van der Waals surface area contributed by atoms with Crippen LogP contribution in [0.2, 0.25) is 0 Å². The number of carbonyl (C=O) groups excluding carboxylic acids is 1. The highest BCUT2D eigenvalue weighted by atomic mass is 19.4.